The molecular formula is C21H31N3O2S. The summed E-state index contributed by atoms with van der Waals surface area (Å²) in [6, 6.07) is 9.21. The molecule has 1 saturated carbocycles. The number of carbonyl (C=O) groups excluding carboxylic acids is 2. The van der Waals surface area contributed by atoms with Crippen LogP contribution in [0.4, 0.5) is 0 Å². The third-order valence-electron chi connectivity index (χ3n) is 5.45. The molecule has 27 heavy (non-hydrogen) atoms. The zero-order valence-corrected chi connectivity index (χ0v) is 17.0. The van der Waals surface area contributed by atoms with Crippen molar-refractivity contribution in [3.63, 3.8) is 0 Å². The van der Waals surface area contributed by atoms with Crippen LogP contribution in [-0.4, -0.2) is 60.4 Å². The van der Waals surface area contributed by atoms with E-state index < -0.39 is 6.04 Å². The number of amides is 2. The fourth-order valence-corrected chi connectivity index (χ4v) is 3.98. The summed E-state index contributed by atoms with van der Waals surface area (Å²) in [5.41, 5.74) is 0.599. The van der Waals surface area contributed by atoms with Gasteiger partial charge in [-0.05, 0) is 68.7 Å². The number of likely N-dealkylation sites (tertiary alicyclic amines) is 1. The molecule has 1 aromatic carbocycles. The van der Waals surface area contributed by atoms with Gasteiger partial charge in [0.2, 0.25) is 5.91 Å². The van der Waals surface area contributed by atoms with Gasteiger partial charge in [-0.2, -0.15) is 11.8 Å². The van der Waals surface area contributed by atoms with Gasteiger partial charge in [0.25, 0.3) is 5.91 Å². The van der Waals surface area contributed by atoms with E-state index in [1.165, 1.54) is 12.8 Å². The van der Waals surface area contributed by atoms with E-state index in [4.69, 9.17) is 0 Å². The molecule has 3 rings (SSSR count). The molecule has 1 aromatic rings. The maximum Gasteiger partial charge on any atom is 0.251 e. The number of hydrogen-bond acceptors (Lipinski definition) is 4. The van der Waals surface area contributed by atoms with Crippen LogP contribution in [0.25, 0.3) is 0 Å². The first-order valence-corrected chi connectivity index (χ1v) is 11.4. The molecular weight excluding hydrogens is 358 g/mol. The fourth-order valence-electron chi connectivity index (χ4n) is 3.50. The normalized spacial score (nSPS) is 18.9. The van der Waals surface area contributed by atoms with Gasteiger partial charge in [-0.1, -0.05) is 18.2 Å². The predicted octanol–water partition coefficient (Wildman–Crippen LogP) is 2.53. The summed E-state index contributed by atoms with van der Waals surface area (Å²) in [6.07, 6.45) is 7.42. The van der Waals surface area contributed by atoms with Crippen molar-refractivity contribution in [2.24, 2.45) is 5.92 Å². The number of nitrogens with one attached hydrogen (secondary N) is 2. The van der Waals surface area contributed by atoms with Gasteiger partial charge >= 0.3 is 0 Å². The van der Waals surface area contributed by atoms with Crippen molar-refractivity contribution in [3.05, 3.63) is 35.9 Å². The molecule has 5 nitrogen and oxygen atoms in total. The number of thioether (sulfide) groups is 1. The second-order valence-corrected chi connectivity index (χ2v) is 8.61. The third-order valence-corrected chi connectivity index (χ3v) is 6.09. The monoisotopic (exact) mass is 389 g/mol. The largest absolute Gasteiger partial charge is 0.341 e. The average molecular weight is 390 g/mol. The Labute approximate surface area is 166 Å². The van der Waals surface area contributed by atoms with E-state index >= 15 is 0 Å². The number of hydrogen-bond donors (Lipinski definition) is 2. The minimum atomic E-state index is -0.443. The van der Waals surface area contributed by atoms with Gasteiger partial charge in [0.05, 0.1) is 0 Å². The van der Waals surface area contributed by atoms with Gasteiger partial charge in [-0.25, -0.2) is 0 Å². The molecule has 1 unspecified atom stereocenters. The van der Waals surface area contributed by atoms with E-state index in [2.05, 4.69) is 10.6 Å². The molecule has 1 atom stereocenters. The Morgan fingerprint density at radius 2 is 1.85 bits per heavy atom. The Bertz CT molecular complexity index is 613. The first-order valence-electron chi connectivity index (χ1n) is 10.0. The highest BCUT2D eigenvalue weighted by atomic mass is 32.2. The molecule has 2 fully saturated rings. The maximum atomic E-state index is 13.0. The quantitative estimate of drug-likeness (QED) is 0.681. The van der Waals surface area contributed by atoms with Crippen LogP contribution in [0.15, 0.2) is 30.3 Å². The molecule has 2 amide bonds. The topological polar surface area (TPSA) is 61.4 Å². The highest BCUT2D eigenvalue weighted by Crippen LogP contribution is 2.28. The van der Waals surface area contributed by atoms with Crippen molar-refractivity contribution in [3.8, 4) is 0 Å². The Balaban J connectivity index is 1.52. The zero-order valence-electron chi connectivity index (χ0n) is 16.2. The van der Waals surface area contributed by atoms with Crippen LogP contribution < -0.4 is 10.6 Å². The molecule has 1 saturated heterocycles. The second kappa shape index (κ2) is 10.1. The summed E-state index contributed by atoms with van der Waals surface area (Å²) in [4.78, 5) is 27.5. The van der Waals surface area contributed by atoms with Crippen molar-refractivity contribution < 1.29 is 9.59 Å². The lowest BCUT2D eigenvalue weighted by Gasteiger charge is -2.35. The van der Waals surface area contributed by atoms with Crippen molar-refractivity contribution in [2.45, 2.75) is 44.2 Å². The minimum Gasteiger partial charge on any atom is -0.341 e. The van der Waals surface area contributed by atoms with Crippen LogP contribution in [0.3, 0.4) is 0 Å². The highest BCUT2D eigenvalue weighted by molar-refractivity contribution is 7.98. The maximum absolute atomic E-state index is 13.0. The van der Waals surface area contributed by atoms with Gasteiger partial charge in [0.15, 0.2) is 0 Å². The predicted molar refractivity (Wildman–Crippen MR) is 111 cm³/mol. The van der Waals surface area contributed by atoms with E-state index in [0.29, 0.717) is 18.0 Å². The van der Waals surface area contributed by atoms with Crippen LogP contribution in [-0.2, 0) is 4.79 Å². The van der Waals surface area contributed by atoms with Crippen molar-refractivity contribution in [1.82, 2.24) is 15.5 Å². The third kappa shape index (κ3) is 6.25. The molecule has 6 heteroatoms. The SMILES string of the molecule is CSCCC(NC(=O)c1ccccc1)C(=O)N1CCC(NCC2CC2)CC1. The molecule has 2 N–H and O–H groups in total. The van der Waals surface area contributed by atoms with E-state index in [1.807, 2.05) is 29.4 Å². The summed E-state index contributed by atoms with van der Waals surface area (Å²) in [6.45, 7) is 2.68. The summed E-state index contributed by atoms with van der Waals surface area (Å²) < 4.78 is 0. The number of carbonyl (C=O) groups is 2. The lowest BCUT2D eigenvalue weighted by atomic mass is 10.0. The van der Waals surface area contributed by atoms with Crippen LogP contribution in [0.5, 0.6) is 0 Å². The average Bonchev–Trinajstić information content (AvgIpc) is 3.54. The van der Waals surface area contributed by atoms with Gasteiger partial charge in [0, 0.05) is 24.7 Å². The second-order valence-electron chi connectivity index (χ2n) is 7.62. The highest BCUT2D eigenvalue weighted by Gasteiger charge is 2.30. The standard InChI is InChI=1S/C21H31N3O2S/c1-27-14-11-19(23-20(25)17-5-3-2-4-6-17)21(26)24-12-9-18(10-13-24)22-15-16-7-8-16/h2-6,16,18-19,22H,7-15H2,1H3,(H,23,25). The minimum absolute atomic E-state index is 0.0639. The van der Waals surface area contributed by atoms with Crippen LogP contribution >= 0.6 is 11.8 Å². The van der Waals surface area contributed by atoms with Gasteiger partial charge in [-0.3, -0.25) is 9.59 Å². The van der Waals surface area contributed by atoms with Crippen LogP contribution in [0, 0.1) is 5.92 Å². The van der Waals surface area contributed by atoms with E-state index in [9.17, 15) is 9.59 Å². The molecule has 1 aliphatic carbocycles. The lowest BCUT2D eigenvalue weighted by molar-refractivity contribution is -0.134. The molecule has 148 valence electrons. The number of nitrogens with zero attached hydrogens (tertiary/aromatic N) is 1. The molecule has 0 bridgehead atoms. The van der Waals surface area contributed by atoms with E-state index in [1.54, 1.807) is 23.9 Å². The first-order chi connectivity index (χ1) is 13.2. The summed E-state index contributed by atoms with van der Waals surface area (Å²) >= 11 is 1.70. The smallest absolute Gasteiger partial charge is 0.251 e. The molecule has 0 spiro atoms. The summed E-state index contributed by atoms with van der Waals surface area (Å²) in [5.74, 6) is 1.63. The summed E-state index contributed by atoms with van der Waals surface area (Å²) in [7, 11) is 0. The number of rotatable bonds is 9. The van der Waals surface area contributed by atoms with E-state index in [-0.39, 0.29) is 11.8 Å². The molecule has 1 aliphatic heterocycles. The molecule has 0 radical (unpaired) electrons. The van der Waals surface area contributed by atoms with E-state index in [0.717, 1.165) is 44.1 Å². The first kappa shape index (κ1) is 20.2. The molecule has 1 heterocycles. The summed E-state index contributed by atoms with van der Waals surface area (Å²) in [5, 5.41) is 6.61. The van der Waals surface area contributed by atoms with Gasteiger partial charge in [-0.15, -0.1) is 0 Å². The van der Waals surface area contributed by atoms with Crippen LogP contribution in [0.2, 0.25) is 0 Å². The Kier molecular flexibility index (Phi) is 7.59. The lowest BCUT2D eigenvalue weighted by Crippen LogP contribution is -2.53. The van der Waals surface area contributed by atoms with Gasteiger partial charge < -0.3 is 15.5 Å². The number of benzene rings is 1. The Morgan fingerprint density at radius 3 is 2.48 bits per heavy atom. The van der Waals surface area contributed by atoms with Crippen molar-refractivity contribution in [1.29, 1.82) is 0 Å². The molecule has 0 aromatic heterocycles. The number of piperidine rings is 1. The van der Waals surface area contributed by atoms with Gasteiger partial charge in [0.1, 0.15) is 6.04 Å². The van der Waals surface area contributed by atoms with Crippen LogP contribution in [0.1, 0.15) is 42.5 Å². The Morgan fingerprint density at radius 1 is 1.15 bits per heavy atom. The van der Waals surface area contributed by atoms with Crippen molar-refractivity contribution >= 4 is 23.6 Å². The Hall–Kier alpha value is -1.53. The fraction of sp³-hybridized carbons (Fsp3) is 0.619. The van der Waals surface area contributed by atoms with Crippen molar-refractivity contribution in [2.75, 3.05) is 31.6 Å². The molecule has 2 aliphatic rings. The zero-order chi connectivity index (χ0) is 19.1.